The predicted molar refractivity (Wildman–Crippen MR) is 85.5 cm³/mol. The number of nitrogen functional groups attached to an aromatic ring is 1. The van der Waals surface area contributed by atoms with Crippen molar-refractivity contribution in [3.8, 4) is 0 Å². The monoisotopic (exact) mass is 329 g/mol. The number of rotatable bonds is 5. The molecule has 0 spiro atoms. The lowest BCUT2D eigenvalue weighted by atomic mass is 10.2. The van der Waals surface area contributed by atoms with Gasteiger partial charge >= 0.3 is 0 Å². The predicted octanol–water partition coefficient (Wildman–Crippen LogP) is 1.35. The molecule has 1 aromatic carbocycles. The van der Waals surface area contributed by atoms with E-state index in [0.29, 0.717) is 23.2 Å². The highest BCUT2D eigenvalue weighted by Crippen LogP contribution is 2.28. The zero-order valence-electron chi connectivity index (χ0n) is 12.2. The Morgan fingerprint density at radius 2 is 2.10 bits per heavy atom. The van der Waals surface area contributed by atoms with Crippen LogP contribution >= 0.6 is 0 Å². The van der Waals surface area contributed by atoms with Crippen LogP contribution in [-0.4, -0.2) is 40.4 Å². The van der Waals surface area contributed by atoms with Crippen LogP contribution in [0.5, 0.6) is 0 Å². The molecule has 6 nitrogen and oxygen atoms in total. The average Bonchev–Trinajstić information content (AvgIpc) is 2.70. The molecule has 0 saturated heterocycles. The van der Waals surface area contributed by atoms with E-state index in [1.165, 1.54) is 6.07 Å². The lowest BCUT2D eigenvalue weighted by Crippen LogP contribution is -2.11. The molecular formula is C13H19N3O3S2. The Morgan fingerprint density at radius 1 is 1.43 bits per heavy atom. The van der Waals surface area contributed by atoms with Crippen LogP contribution in [0.4, 0.5) is 5.95 Å². The summed E-state index contributed by atoms with van der Waals surface area (Å²) in [6, 6.07) is 5.00. The van der Waals surface area contributed by atoms with E-state index in [0.717, 1.165) is 6.26 Å². The van der Waals surface area contributed by atoms with Crippen LogP contribution in [0.25, 0.3) is 11.0 Å². The van der Waals surface area contributed by atoms with E-state index in [1.54, 1.807) is 23.0 Å². The molecule has 1 heterocycles. The molecule has 0 saturated carbocycles. The summed E-state index contributed by atoms with van der Waals surface area (Å²) >= 11 is 0. The van der Waals surface area contributed by atoms with Crippen LogP contribution in [0.2, 0.25) is 0 Å². The zero-order valence-corrected chi connectivity index (χ0v) is 13.9. The highest BCUT2D eigenvalue weighted by atomic mass is 32.2. The molecule has 0 amide bonds. The van der Waals surface area contributed by atoms with Gasteiger partial charge in [0.25, 0.3) is 0 Å². The number of aromatic nitrogens is 2. The second kappa shape index (κ2) is 5.76. The van der Waals surface area contributed by atoms with Gasteiger partial charge in [-0.25, -0.2) is 13.4 Å². The van der Waals surface area contributed by atoms with Gasteiger partial charge in [-0.2, -0.15) is 0 Å². The number of hydrogen-bond donors (Lipinski definition) is 1. The van der Waals surface area contributed by atoms with Crippen molar-refractivity contribution in [2.24, 2.45) is 0 Å². The molecule has 8 heteroatoms. The van der Waals surface area contributed by atoms with Gasteiger partial charge in [0.05, 0.1) is 10.4 Å². The van der Waals surface area contributed by atoms with Crippen LogP contribution in [0.15, 0.2) is 23.1 Å². The van der Waals surface area contributed by atoms with Gasteiger partial charge < -0.3 is 10.3 Å². The van der Waals surface area contributed by atoms with Crippen LogP contribution < -0.4 is 5.73 Å². The Morgan fingerprint density at radius 3 is 2.67 bits per heavy atom. The summed E-state index contributed by atoms with van der Waals surface area (Å²) in [4.78, 5) is 4.39. The van der Waals surface area contributed by atoms with Crippen LogP contribution in [-0.2, 0) is 20.6 Å². The minimum atomic E-state index is -3.36. The van der Waals surface area contributed by atoms with Gasteiger partial charge in [-0.3, -0.25) is 4.21 Å². The largest absolute Gasteiger partial charge is 0.369 e. The smallest absolute Gasteiger partial charge is 0.201 e. The Kier molecular flexibility index (Phi) is 4.38. The molecule has 0 radical (unpaired) electrons. The van der Waals surface area contributed by atoms with Gasteiger partial charge in [-0.1, -0.05) is 6.07 Å². The van der Waals surface area contributed by atoms with Crippen molar-refractivity contribution in [1.29, 1.82) is 0 Å². The van der Waals surface area contributed by atoms with E-state index >= 15 is 0 Å². The molecular weight excluding hydrogens is 310 g/mol. The molecule has 0 fully saturated rings. The zero-order chi connectivity index (χ0) is 15.8. The number of sulfone groups is 1. The Balaban J connectivity index is 2.56. The van der Waals surface area contributed by atoms with Gasteiger partial charge in [0.15, 0.2) is 9.84 Å². The van der Waals surface area contributed by atoms with Crippen molar-refractivity contribution >= 4 is 37.6 Å². The van der Waals surface area contributed by atoms with Gasteiger partial charge in [0.2, 0.25) is 5.95 Å². The lowest BCUT2D eigenvalue weighted by Gasteiger charge is -2.15. The van der Waals surface area contributed by atoms with Crippen molar-refractivity contribution in [3.05, 3.63) is 18.2 Å². The Bertz CT molecular complexity index is 796. The fraction of sp³-hybridized carbons (Fsp3) is 0.462. The van der Waals surface area contributed by atoms with Crippen LogP contribution in [0, 0.1) is 0 Å². The Hall–Kier alpha value is -1.41. The summed E-state index contributed by atoms with van der Waals surface area (Å²) < 4.78 is 36.7. The number of nitrogens with zero attached hydrogens (tertiary/aromatic N) is 2. The third-order valence-corrected chi connectivity index (χ3v) is 5.31. The molecule has 2 N–H and O–H groups in total. The molecule has 2 unspecified atom stereocenters. The first-order chi connectivity index (χ1) is 9.71. The van der Waals surface area contributed by atoms with E-state index in [4.69, 9.17) is 5.73 Å². The van der Waals surface area contributed by atoms with E-state index in [9.17, 15) is 12.6 Å². The fourth-order valence-corrected chi connectivity index (χ4v) is 3.84. The topological polar surface area (TPSA) is 95.0 Å². The number of fused-ring (bicyclic) bond motifs is 1. The SMILES string of the molecule is CC(CCS(C)=O)n1c(N)nc2c(S(C)(=O)=O)cccc21. The summed E-state index contributed by atoms with van der Waals surface area (Å²) in [6.07, 6.45) is 3.49. The number of imidazole rings is 1. The second-order valence-electron chi connectivity index (χ2n) is 5.15. The molecule has 21 heavy (non-hydrogen) atoms. The highest BCUT2D eigenvalue weighted by molar-refractivity contribution is 7.91. The molecule has 1 aromatic heterocycles. The first kappa shape index (κ1) is 16.0. The van der Waals surface area contributed by atoms with Crippen LogP contribution in [0.1, 0.15) is 19.4 Å². The van der Waals surface area contributed by atoms with E-state index in [1.807, 2.05) is 6.92 Å². The van der Waals surface area contributed by atoms with Crippen molar-refractivity contribution < 1.29 is 12.6 Å². The van der Waals surface area contributed by atoms with Crippen molar-refractivity contribution in [1.82, 2.24) is 9.55 Å². The molecule has 0 aliphatic carbocycles. The number of anilines is 1. The van der Waals surface area contributed by atoms with Gasteiger partial charge in [-0.05, 0) is 25.5 Å². The number of nitrogens with two attached hydrogens (primary N) is 1. The number of benzene rings is 1. The highest BCUT2D eigenvalue weighted by Gasteiger charge is 2.20. The van der Waals surface area contributed by atoms with Crippen molar-refractivity contribution in [2.75, 3.05) is 24.0 Å². The van der Waals surface area contributed by atoms with E-state index in [-0.39, 0.29) is 16.9 Å². The maximum atomic E-state index is 11.8. The van der Waals surface area contributed by atoms with Crippen molar-refractivity contribution in [3.63, 3.8) is 0 Å². The van der Waals surface area contributed by atoms with Gasteiger partial charge in [-0.15, -0.1) is 0 Å². The third-order valence-electron chi connectivity index (χ3n) is 3.37. The summed E-state index contributed by atoms with van der Waals surface area (Å²) in [5, 5.41) is 0. The quantitative estimate of drug-likeness (QED) is 0.893. The summed E-state index contributed by atoms with van der Waals surface area (Å²) in [5.41, 5.74) is 7.03. The summed E-state index contributed by atoms with van der Waals surface area (Å²) in [6.45, 7) is 1.96. The minimum absolute atomic E-state index is 0.00582. The fourth-order valence-electron chi connectivity index (χ4n) is 2.34. The molecule has 0 bridgehead atoms. The summed E-state index contributed by atoms with van der Waals surface area (Å²) in [5.74, 6) is 0.835. The van der Waals surface area contributed by atoms with E-state index in [2.05, 4.69) is 4.98 Å². The normalized spacial score (nSPS) is 15.2. The van der Waals surface area contributed by atoms with Crippen molar-refractivity contribution in [2.45, 2.75) is 24.3 Å². The molecule has 0 aliphatic rings. The minimum Gasteiger partial charge on any atom is -0.369 e. The number of hydrogen-bond acceptors (Lipinski definition) is 5. The van der Waals surface area contributed by atoms with Gasteiger partial charge in [0, 0.05) is 35.1 Å². The molecule has 116 valence electrons. The first-order valence-corrected chi connectivity index (χ1v) is 10.1. The molecule has 2 rings (SSSR count). The first-order valence-electron chi connectivity index (χ1n) is 6.48. The third kappa shape index (κ3) is 3.26. The van der Waals surface area contributed by atoms with Gasteiger partial charge in [0.1, 0.15) is 5.52 Å². The second-order valence-corrected chi connectivity index (χ2v) is 8.69. The molecule has 2 aromatic rings. The Labute approximate surface area is 126 Å². The standard InChI is InChI=1S/C13H19N3O3S2/c1-9(7-8-20(2)17)16-10-5-4-6-11(21(3,18)19)12(10)15-13(16)14/h4-6,9H,7-8H2,1-3H3,(H2,14,15). The lowest BCUT2D eigenvalue weighted by molar-refractivity contribution is 0.552. The summed E-state index contributed by atoms with van der Waals surface area (Å²) in [7, 11) is -4.24. The maximum absolute atomic E-state index is 11.8. The molecule has 2 atom stereocenters. The molecule has 0 aliphatic heterocycles. The number of para-hydroxylation sites is 1. The van der Waals surface area contributed by atoms with Crippen LogP contribution in [0.3, 0.4) is 0 Å². The average molecular weight is 329 g/mol. The van der Waals surface area contributed by atoms with E-state index < -0.39 is 20.6 Å². The maximum Gasteiger partial charge on any atom is 0.201 e.